The number of rotatable bonds is 6. The number of aromatic nitrogens is 1. The number of fused-ring (bicyclic) bond motifs is 1. The molecule has 26 heavy (non-hydrogen) atoms. The Morgan fingerprint density at radius 2 is 1.85 bits per heavy atom. The van der Waals surface area contributed by atoms with Crippen LogP contribution in [-0.2, 0) is 23.0 Å². The van der Waals surface area contributed by atoms with Crippen LogP contribution in [0.4, 0.5) is 0 Å². The molecular weight excluding hydrogens is 352 g/mol. The van der Waals surface area contributed by atoms with Crippen LogP contribution in [-0.4, -0.2) is 26.8 Å². The maximum absolute atomic E-state index is 12.3. The lowest BCUT2D eigenvalue weighted by atomic mass is 10.0. The first-order chi connectivity index (χ1) is 12.4. The number of hydrogen-bond donors (Lipinski definition) is 2. The summed E-state index contributed by atoms with van der Waals surface area (Å²) in [4.78, 5) is 15.2. The van der Waals surface area contributed by atoms with Crippen LogP contribution in [0.2, 0.25) is 0 Å². The number of aromatic amines is 1. The Hall–Kier alpha value is -2.64. The molecule has 0 saturated carbocycles. The van der Waals surface area contributed by atoms with Gasteiger partial charge in [-0.05, 0) is 34.7 Å². The van der Waals surface area contributed by atoms with Gasteiger partial charge in [-0.25, -0.2) is 13.1 Å². The first-order valence-corrected chi connectivity index (χ1v) is 9.96. The molecule has 0 aliphatic rings. The second kappa shape index (κ2) is 7.31. The molecule has 2 N–H and O–H groups in total. The molecule has 0 unspecified atom stereocenters. The summed E-state index contributed by atoms with van der Waals surface area (Å²) in [6.07, 6.45) is 1.54. The zero-order valence-corrected chi connectivity index (χ0v) is 15.4. The zero-order valence-electron chi connectivity index (χ0n) is 14.6. The van der Waals surface area contributed by atoms with Crippen LogP contribution >= 0.6 is 0 Å². The van der Waals surface area contributed by atoms with Crippen molar-refractivity contribution in [3.05, 3.63) is 75.6 Å². The average molecular weight is 372 g/mol. The van der Waals surface area contributed by atoms with Gasteiger partial charge in [-0.3, -0.25) is 4.79 Å². The van der Waals surface area contributed by atoms with Crippen LogP contribution in [0.5, 0.6) is 5.75 Å². The highest BCUT2D eigenvalue weighted by Crippen LogP contribution is 2.23. The van der Waals surface area contributed by atoms with E-state index in [1.54, 1.807) is 13.2 Å². The van der Waals surface area contributed by atoms with Crippen molar-refractivity contribution in [2.24, 2.45) is 0 Å². The fraction of sp³-hybridized carbons (Fsp3) is 0.211. The van der Waals surface area contributed by atoms with Gasteiger partial charge in [0.1, 0.15) is 5.75 Å². The van der Waals surface area contributed by atoms with Crippen molar-refractivity contribution in [1.82, 2.24) is 9.71 Å². The number of H-pyrrole nitrogens is 1. The van der Waals surface area contributed by atoms with E-state index in [1.807, 2.05) is 42.5 Å². The Morgan fingerprint density at radius 3 is 2.58 bits per heavy atom. The molecule has 1 aromatic heterocycles. The predicted octanol–water partition coefficient (Wildman–Crippen LogP) is 2.18. The van der Waals surface area contributed by atoms with Gasteiger partial charge in [0.15, 0.2) is 0 Å². The van der Waals surface area contributed by atoms with E-state index in [4.69, 9.17) is 4.74 Å². The lowest BCUT2D eigenvalue weighted by Crippen LogP contribution is -2.21. The van der Waals surface area contributed by atoms with E-state index in [0.29, 0.717) is 17.7 Å². The number of hydrogen-bond acceptors (Lipinski definition) is 4. The molecule has 0 bridgehead atoms. The summed E-state index contributed by atoms with van der Waals surface area (Å²) in [5.74, 6) is 0.616. The minimum Gasteiger partial charge on any atom is -0.496 e. The van der Waals surface area contributed by atoms with Gasteiger partial charge in [0.2, 0.25) is 10.0 Å². The van der Waals surface area contributed by atoms with Gasteiger partial charge in [-0.2, -0.15) is 0 Å². The standard InChI is InChI=1S/C19H20N2O4S/c1-25-18-9-13(12-20-26(2,23)24)7-8-15(18)11-16-10-14-5-3-4-6-17(14)21-19(16)22/h3-10,20H,11-12H2,1-2H3,(H,21,22). The summed E-state index contributed by atoms with van der Waals surface area (Å²) in [6.45, 7) is 0.187. The van der Waals surface area contributed by atoms with E-state index in [0.717, 1.165) is 28.3 Å². The Labute approximate surface area is 151 Å². The maximum Gasteiger partial charge on any atom is 0.251 e. The summed E-state index contributed by atoms with van der Waals surface area (Å²) in [6, 6.07) is 15.0. The molecule has 0 atom stereocenters. The molecule has 0 amide bonds. The highest BCUT2D eigenvalue weighted by atomic mass is 32.2. The smallest absolute Gasteiger partial charge is 0.251 e. The molecule has 6 nitrogen and oxygen atoms in total. The van der Waals surface area contributed by atoms with Gasteiger partial charge in [0, 0.05) is 24.0 Å². The third kappa shape index (κ3) is 4.30. The Kier molecular flexibility index (Phi) is 5.11. The third-order valence-corrected chi connectivity index (χ3v) is 4.77. The monoisotopic (exact) mass is 372 g/mol. The molecule has 7 heteroatoms. The summed E-state index contributed by atoms with van der Waals surface area (Å²) in [5, 5.41) is 0.968. The third-order valence-electron chi connectivity index (χ3n) is 4.10. The number of para-hydroxylation sites is 1. The molecular formula is C19H20N2O4S. The van der Waals surface area contributed by atoms with Crippen LogP contribution in [0.15, 0.2) is 53.3 Å². The van der Waals surface area contributed by atoms with Crippen LogP contribution < -0.4 is 15.0 Å². The van der Waals surface area contributed by atoms with E-state index < -0.39 is 10.0 Å². The normalized spacial score (nSPS) is 11.6. The number of sulfonamides is 1. The van der Waals surface area contributed by atoms with Crippen molar-refractivity contribution >= 4 is 20.9 Å². The lowest BCUT2D eigenvalue weighted by molar-refractivity contribution is 0.410. The van der Waals surface area contributed by atoms with Crippen LogP contribution in [0, 0.1) is 0 Å². The fourth-order valence-corrected chi connectivity index (χ4v) is 3.22. The van der Waals surface area contributed by atoms with Crippen molar-refractivity contribution in [3.8, 4) is 5.75 Å². The number of methoxy groups -OCH3 is 1. The van der Waals surface area contributed by atoms with E-state index in [1.165, 1.54) is 0 Å². The molecule has 2 aromatic carbocycles. The lowest BCUT2D eigenvalue weighted by Gasteiger charge is -2.11. The summed E-state index contributed by atoms with van der Waals surface area (Å²) in [7, 11) is -1.71. The summed E-state index contributed by atoms with van der Waals surface area (Å²) in [5.41, 5.74) is 2.95. The molecule has 136 valence electrons. The molecule has 0 aliphatic carbocycles. The number of ether oxygens (including phenoxy) is 1. The van der Waals surface area contributed by atoms with Gasteiger partial charge < -0.3 is 9.72 Å². The van der Waals surface area contributed by atoms with Gasteiger partial charge in [-0.15, -0.1) is 0 Å². The molecule has 0 fully saturated rings. The van der Waals surface area contributed by atoms with E-state index >= 15 is 0 Å². The van der Waals surface area contributed by atoms with Gasteiger partial charge in [-0.1, -0.05) is 30.3 Å². The molecule has 0 aliphatic heterocycles. The van der Waals surface area contributed by atoms with Gasteiger partial charge in [0.05, 0.1) is 13.4 Å². The minimum atomic E-state index is -3.26. The second-order valence-electron chi connectivity index (χ2n) is 6.13. The minimum absolute atomic E-state index is 0.131. The highest BCUT2D eigenvalue weighted by molar-refractivity contribution is 7.88. The number of nitrogens with one attached hydrogen (secondary N) is 2. The number of benzene rings is 2. The molecule has 0 saturated heterocycles. The topological polar surface area (TPSA) is 88.3 Å². The molecule has 3 aromatic rings. The fourth-order valence-electron chi connectivity index (χ4n) is 2.79. The van der Waals surface area contributed by atoms with Crippen LogP contribution in [0.3, 0.4) is 0 Å². The van der Waals surface area contributed by atoms with Crippen molar-refractivity contribution in [2.45, 2.75) is 13.0 Å². The van der Waals surface area contributed by atoms with Crippen molar-refractivity contribution in [3.63, 3.8) is 0 Å². The molecule has 0 spiro atoms. The van der Waals surface area contributed by atoms with Crippen LogP contribution in [0.25, 0.3) is 10.9 Å². The van der Waals surface area contributed by atoms with Crippen LogP contribution in [0.1, 0.15) is 16.7 Å². The van der Waals surface area contributed by atoms with E-state index in [-0.39, 0.29) is 12.1 Å². The summed E-state index contributed by atoms with van der Waals surface area (Å²) >= 11 is 0. The first-order valence-electron chi connectivity index (χ1n) is 8.07. The Morgan fingerprint density at radius 1 is 1.08 bits per heavy atom. The largest absolute Gasteiger partial charge is 0.496 e. The SMILES string of the molecule is COc1cc(CNS(C)(=O)=O)ccc1Cc1cc2ccccc2[nH]c1=O. The molecule has 3 rings (SSSR count). The van der Waals surface area contributed by atoms with Gasteiger partial charge in [0.25, 0.3) is 5.56 Å². The van der Waals surface area contributed by atoms with Crippen molar-refractivity contribution < 1.29 is 13.2 Å². The van der Waals surface area contributed by atoms with Crippen molar-refractivity contribution in [1.29, 1.82) is 0 Å². The summed E-state index contributed by atoms with van der Waals surface area (Å²) < 4.78 is 30.3. The van der Waals surface area contributed by atoms with E-state index in [2.05, 4.69) is 9.71 Å². The first kappa shape index (κ1) is 18.2. The second-order valence-corrected chi connectivity index (χ2v) is 7.96. The molecule has 0 radical (unpaired) electrons. The maximum atomic E-state index is 12.3. The average Bonchev–Trinajstić information content (AvgIpc) is 2.60. The number of pyridine rings is 1. The Balaban J connectivity index is 1.90. The molecule has 1 heterocycles. The predicted molar refractivity (Wildman–Crippen MR) is 102 cm³/mol. The Bertz CT molecular complexity index is 1100. The highest BCUT2D eigenvalue weighted by Gasteiger charge is 2.10. The van der Waals surface area contributed by atoms with Gasteiger partial charge >= 0.3 is 0 Å². The quantitative estimate of drug-likeness (QED) is 0.694. The zero-order chi connectivity index (χ0) is 18.7. The van der Waals surface area contributed by atoms with E-state index in [9.17, 15) is 13.2 Å². The van der Waals surface area contributed by atoms with Crippen molar-refractivity contribution in [2.75, 3.05) is 13.4 Å².